The number of piperidine rings is 1. The maximum atomic E-state index is 13.3. The number of para-hydroxylation sites is 1. The van der Waals surface area contributed by atoms with Gasteiger partial charge in [0.1, 0.15) is 5.54 Å². The number of hydrogen-bond donors (Lipinski definition) is 5. The molecule has 0 aromatic heterocycles. The second kappa shape index (κ2) is 18.2. The number of anilines is 1. The van der Waals surface area contributed by atoms with Crippen LogP contribution >= 0.6 is 0 Å². The number of aliphatic hydroxyl groups excluding tert-OH is 1. The van der Waals surface area contributed by atoms with Crippen molar-refractivity contribution >= 4 is 23.4 Å². The van der Waals surface area contributed by atoms with Gasteiger partial charge in [0.15, 0.2) is 6.29 Å². The zero-order chi connectivity index (χ0) is 38.9. The zero-order valence-electron chi connectivity index (χ0n) is 31.6. The van der Waals surface area contributed by atoms with E-state index in [0.717, 1.165) is 65.0 Å². The number of ether oxygens (including phenoxy) is 2. The number of benzene rings is 4. The fourth-order valence-corrected chi connectivity index (χ4v) is 8.10. The monoisotopic (exact) mass is 761 g/mol. The Bertz CT molecular complexity index is 1950. The van der Waals surface area contributed by atoms with Crippen LogP contribution in [0.1, 0.15) is 79.6 Å². The molecule has 3 amide bonds. The maximum absolute atomic E-state index is 13.3. The summed E-state index contributed by atoms with van der Waals surface area (Å²) in [5, 5.41) is 24.4. The molecule has 5 N–H and O–H groups in total. The van der Waals surface area contributed by atoms with Crippen LogP contribution in [-0.4, -0.2) is 70.9 Å². The van der Waals surface area contributed by atoms with E-state index in [0.29, 0.717) is 45.4 Å². The zero-order valence-corrected chi connectivity index (χ0v) is 31.6. The van der Waals surface area contributed by atoms with Crippen LogP contribution in [0.25, 0.3) is 11.1 Å². The molecule has 12 heteroatoms. The standard InChI is InChI=1S/C44H51N5O7/c50-29-31-16-18-33(19-17-31)39-26-38(28-48-22-20-44(21-23-48)43(53)46-30-49(44)37-12-2-1-3-13-37)55-42(56-39)36-11-7-10-35(25-36)34-9-6-8-32(24-34)27-45-40(51)14-4-5-15-41(52)47-54/h1-3,6-13,16-19,24-25,38-39,42,50,54H,4-5,14-15,20-23,26-30H2,(H,45,51)(H,46,53)(H,47,52). The summed E-state index contributed by atoms with van der Waals surface area (Å²) < 4.78 is 13.5. The third-order valence-corrected chi connectivity index (χ3v) is 11.3. The molecule has 3 aliphatic rings. The van der Waals surface area contributed by atoms with Gasteiger partial charge >= 0.3 is 0 Å². The van der Waals surface area contributed by atoms with Crippen LogP contribution in [0.15, 0.2) is 103 Å². The summed E-state index contributed by atoms with van der Waals surface area (Å²) in [6, 6.07) is 34.3. The van der Waals surface area contributed by atoms with Gasteiger partial charge in [0.2, 0.25) is 17.7 Å². The van der Waals surface area contributed by atoms with E-state index in [4.69, 9.17) is 14.7 Å². The number of hydroxylamine groups is 1. The normalized spacial score (nSPS) is 20.8. The summed E-state index contributed by atoms with van der Waals surface area (Å²) in [5.74, 6) is -0.445. The second-order valence-electron chi connectivity index (χ2n) is 15.0. The molecular weight excluding hydrogens is 711 g/mol. The van der Waals surface area contributed by atoms with Crippen LogP contribution in [0.2, 0.25) is 0 Å². The van der Waals surface area contributed by atoms with Gasteiger partial charge in [-0.15, -0.1) is 0 Å². The first-order valence-corrected chi connectivity index (χ1v) is 19.6. The summed E-state index contributed by atoms with van der Waals surface area (Å²) in [6.07, 6.45) is 2.70. The molecule has 0 saturated carbocycles. The molecule has 4 aromatic carbocycles. The van der Waals surface area contributed by atoms with Crippen molar-refractivity contribution < 1.29 is 34.2 Å². The van der Waals surface area contributed by atoms with Crippen molar-refractivity contribution in [1.82, 2.24) is 21.0 Å². The Balaban J connectivity index is 1.03. The fourth-order valence-electron chi connectivity index (χ4n) is 8.10. The number of aliphatic hydroxyl groups is 1. The Morgan fingerprint density at radius 1 is 0.804 bits per heavy atom. The summed E-state index contributed by atoms with van der Waals surface area (Å²) in [4.78, 5) is 41.6. The minimum absolute atomic E-state index is 0.0237. The molecule has 0 radical (unpaired) electrons. The molecule has 294 valence electrons. The van der Waals surface area contributed by atoms with E-state index in [-0.39, 0.29) is 37.0 Å². The molecule has 3 unspecified atom stereocenters. The van der Waals surface area contributed by atoms with Crippen LogP contribution in [0.3, 0.4) is 0 Å². The molecule has 7 rings (SSSR count). The van der Waals surface area contributed by atoms with Gasteiger partial charge in [0.25, 0.3) is 0 Å². The van der Waals surface area contributed by atoms with Gasteiger partial charge in [-0.05, 0) is 77.8 Å². The van der Waals surface area contributed by atoms with Crippen molar-refractivity contribution in [3.05, 3.63) is 125 Å². The lowest BCUT2D eigenvalue weighted by Crippen LogP contribution is -2.57. The smallest absolute Gasteiger partial charge is 0.247 e. The van der Waals surface area contributed by atoms with Crippen molar-refractivity contribution in [2.24, 2.45) is 0 Å². The lowest BCUT2D eigenvalue weighted by Gasteiger charge is -2.45. The van der Waals surface area contributed by atoms with Crippen LogP contribution in [-0.2, 0) is 37.0 Å². The van der Waals surface area contributed by atoms with Crippen molar-refractivity contribution in [3.63, 3.8) is 0 Å². The number of hydrogen-bond acceptors (Lipinski definition) is 9. The number of likely N-dealkylation sites (tertiary alicyclic amines) is 1. The summed E-state index contributed by atoms with van der Waals surface area (Å²) in [6.45, 7) is 3.12. The molecule has 3 atom stereocenters. The van der Waals surface area contributed by atoms with E-state index in [1.54, 1.807) is 5.48 Å². The van der Waals surface area contributed by atoms with Gasteiger partial charge in [-0.2, -0.15) is 0 Å². The van der Waals surface area contributed by atoms with Gasteiger partial charge in [-0.1, -0.05) is 78.9 Å². The van der Waals surface area contributed by atoms with E-state index in [1.165, 1.54) is 0 Å². The maximum Gasteiger partial charge on any atom is 0.247 e. The van der Waals surface area contributed by atoms with Gasteiger partial charge < -0.3 is 35.0 Å². The second-order valence-corrected chi connectivity index (χ2v) is 15.0. The highest BCUT2D eigenvalue weighted by Crippen LogP contribution is 2.41. The first kappa shape index (κ1) is 39.1. The predicted molar refractivity (Wildman–Crippen MR) is 211 cm³/mol. The quantitative estimate of drug-likeness (QED) is 0.0637. The molecular formula is C44H51N5O7. The molecule has 3 saturated heterocycles. The predicted octanol–water partition coefficient (Wildman–Crippen LogP) is 5.50. The Morgan fingerprint density at radius 2 is 1.52 bits per heavy atom. The first-order chi connectivity index (χ1) is 27.3. The van der Waals surface area contributed by atoms with E-state index in [9.17, 15) is 19.5 Å². The topological polar surface area (TPSA) is 153 Å². The average Bonchev–Trinajstić information content (AvgIpc) is 3.56. The van der Waals surface area contributed by atoms with Crippen LogP contribution in [0.4, 0.5) is 5.69 Å². The number of nitrogens with zero attached hydrogens (tertiary/aromatic N) is 2. The lowest BCUT2D eigenvalue weighted by molar-refractivity contribution is -0.253. The minimum atomic E-state index is -0.618. The van der Waals surface area contributed by atoms with E-state index in [2.05, 4.69) is 50.8 Å². The van der Waals surface area contributed by atoms with Crippen molar-refractivity contribution in [3.8, 4) is 11.1 Å². The Kier molecular flexibility index (Phi) is 12.7. The number of amides is 3. The summed E-state index contributed by atoms with van der Waals surface area (Å²) in [5.41, 5.74) is 7.84. The highest BCUT2D eigenvalue weighted by molar-refractivity contribution is 5.93. The first-order valence-electron chi connectivity index (χ1n) is 19.6. The Hall–Kier alpha value is -5.11. The number of carbonyl (C=O) groups excluding carboxylic acids is 3. The van der Waals surface area contributed by atoms with Gasteiger partial charge in [-0.25, -0.2) is 5.48 Å². The highest BCUT2D eigenvalue weighted by atomic mass is 16.7. The number of carbonyl (C=O) groups is 3. The van der Waals surface area contributed by atoms with Gasteiger partial charge in [-0.3, -0.25) is 19.6 Å². The van der Waals surface area contributed by atoms with E-state index in [1.807, 2.05) is 72.8 Å². The van der Waals surface area contributed by atoms with Crippen LogP contribution in [0.5, 0.6) is 0 Å². The third-order valence-electron chi connectivity index (χ3n) is 11.3. The molecule has 3 heterocycles. The average molecular weight is 762 g/mol. The molecule has 3 aliphatic heterocycles. The minimum Gasteiger partial charge on any atom is -0.392 e. The largest absolute Gasteiger partial charge is 0.392 e. The molecule has 0 bridgehead atoms. The SMILES string of the molecule is O=C(CCCCC(=O)NCc1cccc(-c2cccc(C3OC(CN4CCC5(CC4)C(=O)NCN5c4ccccc4)CC(c4ccc(CO)cc4)O3)c2)c1)NO. The third kappa shape index (κ3) is 9.29. The van der Waals surface area contributed by atoms with Crippen LogP contribution in [0, 0.1) is 0 Å². The molecule has 0 aliphatic carbocycles. The Labute approximate surface area is 327 Å². The molecule has 4 aromatic rings. The number of unbranched alkanes of at least 4 members (excludes halogenated alkanes) is 1. The fraction of sp³-hybridized carbons (Fsp3) is 0.386. The summed E-state index contributed by atoms with van der Waals surface area (Å²) >= 11 is 0. The summed E-state index contributed by atoms with van der Waals surface area (Å²) in [7, 11) is 0. The van der Waals surface area contributed by atoms with Crippen molar-refractivity contribution in [1.29, 1.82) is 0 Å². The Morgan fingerprint density at radius 3 is 2.25 bits per heavy atom. The van der Waals surface area contributed by atoms with E-state index < -0.39 is 17.7 Å². The van der Waals surface area contributed by atoms with Crippen LogP contribution < -0.4 is 21.0 Å². The van der Waals surface area contributed by atoms with Crippen molar-refractivity contribution in [2.75, 3.05) is 31.2 Å². The molecule has 1 spiro atoms. The lowest BCUT2D eigenvalue weighted by atomic mass is 9.85. The molecule has 3 fully saturated rings. The number of nitrogens with one attached hydrogen (secondary N) is 3. The van der Waals surface area contributed by atoms with E-state index >= 15 is 0 Å². The molecule has 12 nitrogen and oxygen atoms in total. The number of rotatable bonds is 14. The van der Waals surface area contributed by atoms with Gasteiger partial charge in [0.05, 0.1) is 25.5 Å². The van der Waals surface area contributed by atoms with Crippen molar-refractivity contribution in [2.45, 2.75) is 82.1 Å². The van der Waals surface area contributed by atoms with Gasteiger partial charge in [0, 0.05) is 56.7 Å². The molecule has 56 heavy (non-hydrogen) atoms. The highest BCUT2D eigenvalue weighted by Gasteiger charge is 2.50.